The van der Waals surface area contributed by atoms with Crippen molar-refractivity contribution in [3.63, 3.8) is 0 Å². The first-order valence-electron chi connectivity index (χ1n) is 7.40. The number of hydrogen-bond acceptors (Lipinski definition) is 4. The minimum Gasteiger partial charge on any atom is -0.449 e. The number of nitrogens with one attached hydrogen (secondary N) is 1. The van der Waals surface area contributed by atoms with Crippen LogP contribution in [0.2, 0.25) is 0 Å². The van der Waals surface area contributed by atoms with E-state index in [2.05, 4.69) is 10.4 Å². The smallest absolute Gasteiger partial charge is 0.449 e. The highest BCUT2D eigenvalue weighted by atomic mass is 16.7. The van der Waals surface area contributed by atoms with Crippen molar-refractivity contribution in [3.8, 4) is 11.3 Å². The largest absolute Gasteiger partial charge is 0.511 e. The van der Waals surface area contributed by atoms with Gasteiger partial charge in [-0.05, 0) is 26.8 Å². The number of ether oxygens (including phenoxy) is 1. The molecule has 124 valence electrons. The minimum atomic E-state index is -1.47. The first-order valence-corrected chi connectivity index (χ1v) is 7.40. The van der Waals surface area contributed by atoms with Gasteiger partial charge in [-0.2, -0.15) is 5.10 Å². The lowest BCUT2D eigenvalue weighted by Crippen LogP contribution is -2.39. The molecule has 24 heavy (non-hydrogen) atoms. The van der Waals surface area contributed by atoms with E-state index in [1.807, 2.05) is 36.4 Å². The van der Waals surface area contributed by atoms with Gasteiger partial charge in [0.05, 0.1) is 11.2 Å². The third-order valence-electron chi connectivity index (χ3n) is 3.78. The minimum absolute atomic E-state index is 0.0332. The van der Waals surface area contributed by atoms with Crippen molar-refractivity contribution in [2.24, 2.45) is 0 Å². The molecule has 0 atom stereocenters. The van der Waals surface area contributed by atoms with Crippen LogP contribution in [0.15, 0.2) is 42.2 Å². The molecule has 3 rings (SSSR count). The molecular weight excluding hydrogens is 310 g/mol. The summed E-state index contributed by atoms with van der Waals surface area (Å²) in [7, 11) is 0. The number of hydrogen-bond donors (Lipinski definition) is 2. The van der Waals surface area contributed by atoms with Gasteiger partial charge in [0, 0.05) is 11.3 Å². The van der Waals surface area contributed by atoms with Gasteiger partial charge in [-0.1, -0.05) is 30.3 Å². The van der Waals surface area contributed by atoms with E-state index >= 15 is 0 Å². The van der Waals surface area contributed by atoms with E-state index in [9.17, 15) is 9.59 Å². The van der Waals surface area contributed by atoms with E-state index in [1.165, 1.54) is 4.68 Å². The molecular formula is C17H17N3O4. The maximum Gasteiger partial charge on any atom is 0.511 e. The molecule has 1 amide bonds. The van der Waals surface area contributed by atoms with Crippen LogP contribution in [-0.4, -0.2) is 32.5 Å². The Hall–Kier alpha value is -3.09. The number of aromatic nitrogens is 2. The molecule has 0 bridgehead atoms. The van der Waals surface area contributed by atoms with Gasteiger partial charge in [0.1, 0.15) is 0 Å². The summed E-state index contributed by atoms with van der Waals surface area (Å²) in [5, 5.41) is 16.2. The zero-order chi connectivity index (χ0) is 17.5. The topological polar surface area (TPSA) is 93.5 Å². The Bertz CT molecular complexity index is 850. The molecule has 0 fully saturated rings. The first kappa shape index (κ1) is 15.8. The fraction of sp³-hybridized carbons (Fsp3) is 0.235. The Kier molecular flexibility index (Phi) is 3.63. The Morgan fingerprint density at radius 1 is 1.29 bits per heavy atom. The van der Waals surface area contributed by atoms with Gasteiger partial charge in [-0.3, -0.25) is 4.79 Å². The molecule has 0 unspecified atom stereocenters. The average molecular weight is 327 g/mol. The Labute approximate surface area is 138 Å². The highest BCUT2D eigenvalue weighted by Gasteiger charge is 2.43. The highest BCUT2D eigenvalue weighted by Crippen LogP contribution is 2.32. The normalized spacial score (nSPS) is 16.2. The first-order chi connectivity index (χ1) is 11.3. The maximum absolute atomic E-state index is 12.4. The zero-order valence-corrected chi connectivity index (χ0v) is 13.5. The van der Waals surface area contributed by atoms with Gasteiger partial charge in [0.15, 0.2) is 11.5 Å². The lowest BCUT2D eigenvalue weighted by Gasteiger charge is -2.20. The van der Waals surface area contributed by atoms with Crippen molar-refractivity contribution in [2.75, 3.05) is 0 Å². The highest BCUT2D eigenvalue weighted by molar-refractivity contribution is 6.17. The van der Waals surface area contributed by atoms with Crippen LogP contribution in [0, 0.1) is 6.92 Å². The molecule has 0 radical (unpaired) electrons. The van der Waals surface area contributed by atoms with Crippen LogP contribution in [0.3, 0.4) is 0 Å². The molecule has 2 N–H and O–H groups in total. The summed E-state index contributed by atoms with van der Waals surface area (Å²) in [6.45, 7) is 5.14. The van der Waals surface area contributed by atoms with Gasteiger partial charge in [0.2, 0.25) is 0 Å². The van der Waals surface area contributed by atoms with E-state index in [4.69, 9.17) is 9.84 Å². The lowest BCUT2D eigenvalue weighted by molar-refractivity contribution is -0.116. The number of nitrogens with zero attached hydrogens (tertiary/aromatic N) is 2. The van der Waals surface area contributed by atoms with Crippen LogP contribution in [0.5, 0.6) is 0 Å². The number of carboxylic acid groups (broad SMARTS) is 1. The summed E-state index contributed by atoms with van der Waals surface area (Å²) in [5.41, 5.74) is 1.44. The van der Waals surface area contributed by atoms with Crippen LogP contribution < -0.4 is 5.32 Å². The molecule has 1 aromatic carbocycles. The second-order valence-corrected chi connectivity index (χ2v) is 6.07. The quantitative estimate of drug-likeness (QED) is 0.845. The number of rotatable bonds is 3. The summed E-state index contributed by atoms with van der Waals surface area (Å²) < 4.78 is 6.31. The van der Waals surface area contributed by atoms with Gasteiger partial charge < -0.3 is 15.2 Å². The van der Waals surface area contributed by atoms with E-state index < -0.39 is 17.6 Å². The van der Waals surface area contributed by atoms with Crippen molar-refractivity contribution in [1.29, 1.82) is 0 Å². The molecule has 0 spiro atoms. The van der Waals surface area contributed by atoms with Crippen LogP contribution in [0.1, 0.15) is 19.5 Å². The number of carbonyl (C=O) groups is 2. The molecule has 2 aromatic rings. The summed E-state index contributed by atoms with van der Waals surface area (Å²) in [6.07, 6.45) is -1.47. The standard InChI is InChI=1S/C17H17N3O4/c1-10-9-12(11-7-5-4-6-8-11)19-20(10)13-14(24-16(22)23)17(2,3)18-15(13)21/h4-9H,1-3H3,(H,18,21)(H,22,23). The molecule has 0 saturated heterocycles. The van der Waals surface area contributed by atoms with Crippen LogP contribution in [-0.2, 0) is 9.53 Å². The predicted octanol–water partition coefficient (Wildman–Crippen LogP) is 2.63. The number of benzene rings is 1. The Balaban J connectivity index is 2.14. The van der Waals surface area contributed by atoms with Crippen molar-refractivity contribution >= 4 is 17.8 Å². The van der Waals surface area contributed by atoms with Gasteiger partial charge in [-0.25, -0.2) is 9.48 Å². The van der Waals surface area contributed by atoms with Crippen molar-refractivity contribution in [2.45, 2.75) is 26.3 Å². The zero-order valence-electron chi connectivity index (χ0n) is 13.5. The van der Waals surface area contributed by atoms with Crippen LogP contribution in [0.25, 0.3) is 17.0 Å². The van der Waals surface area contributed by atoms with E-state index in [0.717, 1.165) is 5.56 Å². The van der Waals surface area contributed by atoms with Crippen LogP contribution in [0.4, 0.5) is 4.79 Å². The summed E-state index contributed by atoms with van der Waals surface area (Å²) in [6, 6.07) is 11.4. The molecule has 0 aliphatic carbocycles. The molecule has 2 heterocycles. The average Bonchev–Trinajstić information content (AvgIpc) is 2.97. The van der Waals surface area contributed by atoms with Crippen molar-refractivity contribution < 1.29 is 19.4 Å². The number of amides is 1. The van der Waals surface area contributed by atoms with Crippen LogP contribution >= 0.6 is 0 Å². The number of aryl methyl sites for hydroxylation is 1. The van der Waals surface area contributed by atoms with Crippen molar-refractivity contribution in [3.05, 3.63) is 47.9 Å². The molecule has 0 saturated carbocycles. The monoisotopic (exact) mass is 327 g/mol. The fourth-order valence-electron chi connectivity index (χ4n) is 2.71. The molecule has 1 aromatic heterocycles. The van der Waals surface area contributed by atoms with E-state index in [1.54, 1.807) is 20.8 Å². The predicted molar refractivity (Wildman–Crippen MR) is 86.9 cm³/mol. The molecule has 7 heteroatoms. The summed E-state index contributed by atoms with van der Waals surface area (Å²) in [4.78, 5) is 23.4. The maximum atomic E-state index is 12.4. The molecule has 7 nitrogen and oxygen atoms in total. The lowest BCUT2D eigenvalue weighted by atomic mass is 10.1. The fourth-order valence-corrected chi connectivity index (χ4v) is 2.71. The molecule has 1 aliphatic heterocycles. The third-order valence-corrected chi connectivity index (χ3v) is 3.78. The van der Waals surface area contributed by atoms with Gasteiger partial charge in [-0.15, -0.1) is 0 Å². The second-order valence-electron chi connectivity index (χ2n) is 6.07. The Morgan fingerprint density at radius 2 is 1.96 bits per heavy atom. The third kappa shape index (κ3) is 2.64. The van der Waals surface area contributed by atoms with Crippen molar-refractivity contribution in [1.82, 2.24) is 15.1 Å². The summed E-state index contributed by atoms with van der Waals surface area (Å²) >= 11 is 0. The van der Waals surface area contributed by atoms with Gasteiger partial charge in [0.25, 0.3) is 5.91 Å². The Morgan fingerprint density at radius 3 is 2.58 bits per heavy atom. The van der Waals surface area contributed by atoms with E-state index in [-0.39, 0.29) is 11.5 Å². The SMILES string of the molecule is Cc1cc(-c2ccccc2)nn1C1=C(OC(=O)O)C(C)(C)NC1=O. The summed E-state index contributed by atoms with van der Waals surface area (Å²) in [5.74, 6) is -0.395. The number of carbonyl (C=O) groups excluding carboxylic acids is 1. The second kappa shape index (κ2) is 5.52. The van der Waals surface area contributed by atoms with Gasteiger partial charge >= 0.3 is 6.16 Å². The van der Waals surface area contributed by atoms with E-state index in [0.29, 0.717) is 11.4 Å². The molecule has 1 aliphatic rings.